The lowest BCUT2D eigenvalue weighted by atomic mass is 10.3. The Kier molecular flexibility index (Phi) is 2.42. The van der Waals surface area contributed by atoms with Crippen LogP contribution in [0.15, 0.2) is 23.7 Å². The van der Waals surface area contributed by atoms with Crippen LogP contribution in [0.4, 0.5) is 0 Å². The van der Waals surface area contributed by atoms with Gasteiger partial charge in [-0.1, -0.05) is 0 Å². The third-order valence-corrected chi connectivity index (χ3v) is 2.71. The van der Waals surface area contributed by atoms with E-state index < -0.39 is 0 Å². The summed E-state index contributed by atoms with van der Waals surface area (Å²) in [6.07, 6.45) is 1.34. The van der Waals surface area contributed by atoms with Gasteiger partial charge in [-0.2, -0.15) is 0 Å². The van der Waals surface area contributed by atoms with Crippen molar-refractivity contribution in [3.63, 3.8) is 0 Å². The molecule has 0 aliphatic heterocycles. The van der Waals surface area contributed by atoms with Crippen LogP contribution in [-0.2, 0) is 0 Å². The van der Waals surface area contributed by atoms with Crippen molar-refractivity contribution in [3.05, 3.63) is 28.9 Å². The number of pyridine rings is 1. The summed E-state index contributed by atoms with van der Waals surface area (Å²) < 4.78 is 5.50. The number of nitrogens with zero attached hydrogens (tertiary/aromatic N) is 2. The smallest absolute Gasteiger partial charge is 0.379 e. The minimum atomic E-state index is -0.0205. The van der Waals surface area contributed by atoms with Crippen molar-refractivity contribution in [1.29, 1.82) is 0 Å². The van der Waals surface area contributed by atoms with Crippen LogP contribution < -0.4 is 9.47 Å². The minimum Gasteiger partial charge on any atom is -0.616 e. The van der Waals surface area contributed by atoms with E-state index in [4.69, 9.17) is 9.84 Å². The third-order valence-electron chi connectivity index (χ3n) is 1.83. The van der Waals surface area contributed by atoms with Crippen LogP contribution in [0.2, 0.25) is 0 Å². The third kappa shape index (κ3) is 1.84. The molecule has 1 N–H and O–H groups in total. The van der Waals surface area contributed by atoms with Crippen molar-refractivity contribution in [2.75, 3.05) is 7.11 Å². The van der Waals surface area contributed by atoms with Crippen molar-refractivity contribution in [2.24, 2.45) is 0 Å². The maximum absolute atomic E-state index is 11.2. The summed E-state index contributed by atoms with van der Waals surface area (Å²) in [5.74, 6) is 0.176. The largest absolute Gasteiger partial charge is 0.616 e. The molecule has 0 bridgehead atoms. The van der Waals surface area contributed by atoms with Gasteiger partial charge >= 0.3 is 5.88 Å². The number of hydrogen-bond acceptors (Lipinski definition) is 5. The fourth-order valence-electron chi connectivity index (χ4n) is 1.15. The van der Waals surface area contributed by atoms with E-state index in [2.05, 4.69) is 4.98 Å². The molecule has 2 heterocycles. The molecule has 0 spiro atoms. The maximum Gasteiger partial charge on any atom is 0.379 e. The Bertz CT molecular complexity index is 484. The molecular weight excluding hydrogens is 216 g/mol. The molecule has 2 aromatic rings. The first kappa shape index (κ1) is 9.72. The van der Waals surface area contributed by atoms with Crippen LogP contribution >= 0.6 is 11.3 Å². The molecule has 0 amide bonds. The van der Waals surface area contributed by atoms with Gasteiger partial charge in [0, 0.05) is 11.6 Å². The maximum atomic E-state index is 11.2. The zero-order valence-corrected chi connectivity index (χ0v) is 8.69. The SMILES string of the molecule is COc1cc(-c2nc(O)cs2)cc[n+]1[O-]. The average molecular weight is 224 g/mol. The molecule has 0 atom stereocenters. The quantitative estimate of drug-likeness (QED) is 0.613. The van der Waals surface area contributed by atoms with Crippen LogP contribution in [0, 0.1) is 5.21 Å². The van der Waals surface area contributed by atoms with E-state index in [1.165, 1.54) is 30.0 Å². The van der Waals surface area contributed by atoms with Gasteiger partial charge in [0.25, 0.3) is 0 Å². The number of aromatic nitrogens is 2. The monoisotopic (exact) mass is 224 g/mol. The summed E-state index contributed by atoms with van der Waals surface area (Å²) in [5.41, 5.74) is 0.740. The Morgan fingerprint density at radius 1 is 1.60 bits per heavy atom. The van der Waals surface area contributed by atoms with Gasteiger partial charge in [0.1, 0.15) is 5.01 Å². The van der Waals surface area contributed by atoms with Crippen molar-refractivity contribution in [1.82, 2.24) is 4.98 Å². The van der Waals surface area contributed by atoms with E-state index in [1.807, 2.05) is 0 Å². The minimum absolute atomic E-state index is 0.0205. The van der Waals surface area contributed by atoms with E-state index in [9.17, 15) is 5.21 Å². The molecule has 15 heavy (non-hydrogen) atoms. The molecule has 0 fully saturated rings. The standard InChI is InChI=1S/C9H8N2O3S/c1-14-8-4-6(2-3-11(8)13)9-10-7(12)5-15-9/h2-5,12H,1H3. The number of ether oxygens (including phenoxy) is 1. The molecule has 6 heteroatoms. The Labute approximate surface area is 89.8 Å². The second-order valence-corrected chi connectivity index (χ2v) is 3.65. The normalized spacial score (nSPS) is 10.2. The molecule has 78 valence electrons. The van der Waals surface area contributed by atoms with Crippen LogP contribution in [-0.4, -0.2) is 17.2 Å². The van der Waals surface area contributed by atoms with Gasteiger partial charge in [0.2, 0.25) is 5.88 Å². The summed E-state index contributed by atoms with van der Waals surface area (Å²) in [5, 5.41) is 22.4. The number of aromatic hydroxyl groups is 1. The molecule has 0 aromatic carbocycles. The molecule has 5 nitrogen and oxygen atoms in total. The van der Waals surface area contributed by atoms with E-state index in [0.29, 0.717) is 9.74 Å². The highest BCUT2D eigenvalue weighted by atomic mass is 32.1. The predicted octanol–water partition coefficient (Wildman–Crippen LogP) is 1.16. The highest BCUT2D eigenvalue weighted by molar-refractivity contribution is 7.13. The van der Waals surface area contributed by atoms with Gasteiger partial charge in [-0.05, 0) is 0 Å². The summed E-state index contributed by atoms with van der Waals surface area (Å²) in [6.45, 7) is 0. The molecule has 0 radical (unpaired) electrons. The van der Waals surface area contributed by atoms with Gasteiger partial charge in [0.05, 0.1) is 18.6 Å². The van der Waals surface area contributed by atoms with E-state index in [0.717, 1.165) is 5.56 Å². The van der Waals surface area contributed by atoms with Crippen molar-refractivity contribution < 1.29 is 14.6 Å². The Hall–Kier alpha value is -1.82. The molecular formula is C9H8N2O3S. The number of rotatable bonds is 2. The van der Waals surface area contributed by atoms with Gasteiger partial charge in [-0.15, -0.1) is 16.1 Å². The van der Waals surface area contributed by atoms with Gasteiger partial charge in [-0.3, -0.25) is 0 Å². The molecule has 0 aliphatic carbocycles. The highest BCUT2D eigenvalue weighted by Crippen LogP contribution is 2.27. The number of methoxy groups -OCH3 is 1. The summed E-state index contributed by atoms with van der Waals surface area (Å²) in [4.78, 5) is 3.89. The fraction of sp³-hybridized carbons (Fsp3) is 0.111. The van der Waals surface area contributed by atoms with Crippen LogP contribution in [0.1, 0.15) is 0 Å². The van der Waals surface area contributed by atoms with Crippen molar-refractivity contribution in [2.45, 2.75) is 0 Å². The van der Waals surface area contributed by atoms with Crippen LogP contribution in [0.3, 0.4) is 0 Å². The predicted molar refractivity (Wildman–Crippen MR) is 54.7 cm³/mol. The lowest BCUT2D eigenvalue weighted by Gasteiger charge is -2.02. The van der Waals surface area contributed by atoms with Gasteiger partial charge < -0.3 is 15.1 Å². The van der Waals surface area contributed by atoms with Crippen molar-refractivity contribution >= 4 is 11.3 Å². The molecule has 0 saturated heterocycles. The molecule has 0 saturated carbocycles. The van der Waals surface area contributed by atoms with Gasteiger partial charge in [-0.25, -0.2) is 4.98 Å². The van der Waals surface area contributed by atoms with Crippen LogP contribution in [0.5, 0.6) is 11.8 Å². The average Bonchev–Trinajstić information content (AvgIpc) is 2.66. The lowest BCUT2D eigenvalue weighted by molar-refractivity contribution is -0.612. The first-order chi connectivity index (χ1) is 7.20. The Morgan fingerprint density at radius 3 is 3.00 bits per heavy atom. The zero-order valence-electron chi connectivity index (χ0n) is 7.88. The molecule has 2 rings (SSSR count). The van der Waals surface area contributed by atoms with Crippen LogP contribution in [0.25, 0.3) is 10.6 Å². The highest BCUT2D eigenvalue weighted by Gasteiger charge is 2.10. The van der Waals surface area contributed by atoms with E-state index in [1.54, 1.807) is 12.1 Å². The second kappa shape index (κ2) is 3.74. The topological polar surface area (TPSA) is 69.3 Å². The first-order valence-electron chi connectivity index (χ1n) is 4.13. The molecule has 0 aliphatic rings. The summed E-state index contributed by atoms with van der Waals surface area (Å²) >= 11 is 1.30. The summed E-state index contributed by atoms with van der Waals surface area (Å²) in [6, 6.07) is 3.19. The van der Waals surface area contributed by atoms with Crippen molar-refractivity contribution in [3.8, 4) is 22.3 Å². The lowest BCUT2D eigenvalue weighted by Crippen LogP contribution is -2.27. The fourth-order valence-corrected chi connectivity index (χ4v) is 1.83. The Balaban J connectivity index is 2.45. The van der Waals surface area contributed by atoms with E-state index >= 15 is 0 Å². The zero-order chi connectivity index (χ0) is 10.8. The summed E-state index contributed by atoms with van der Waals surface area (Å²) in [7, 11) is 1.42. The van der Waals surface area contributed by atoms with Gasteiger partial charge in [0.15, 0.2) is 6.20 Å². The first-order valence-corrected chi connectivity index (χ1v) is 5.01. The molecule has 2 aromatic heterocycles. The molecule has 0 unspecified atom stereocenters. The Morgan fingerprint density at radius 2 is 2.40 bits per heavy atom. The van der Waals surface area contributed by atoms with E-state index in [-0.39, 0.29) is 11.8 Å². The number of hydrogen-bond donors (Lipinski definition) is 1. The number of thiazole rings is 1. The second-order valence-electron chi connectivity index (χ2n) is 2.79.